The molecule has 1 aromatic heterocycles. The fraction of sp³-hybridized carbons (Fsp3) is 0.571. The van der Waals surface area contributed by atoms with Gasteiger partial charge in [0.2, 0.25) is 0 Å². The summed E-state index contributed by atoms with van der Waals surface area (Å²) in [6.07, 6.45) is 1.69. The van der Waals surface area contributed by atoms with Crippen LogP contribution >= 0.6 is 0 Å². The monoisotopic (exact) mass is 265 g/mol. The van der Waals surface area contributed by atoms with Crippen molar-refractivity contribution in [3.63, 3.8) is 0 Å². The average Bonchev–Trinajstić information content (AvgIpc) is 2.40. The van der Waals surface area contributed by atoms with Crippen LogP contribution in [0.3, 0.4) is 0 Å². The molecule has 0 aromatic carbocycles. The molecular formula is C14H23N3O2. The third-order valence-corrected chi connectivity index (χ3v) is 2.78. The van der Waals surface area contributed by atoms with Gasteiger partial charge in [-0.15, -0.1) is 0 Å². The molecule has 0 fully saturated rings. The van der Waals surface area contributed by atoms with Gasteiger partial charge in [-0.05, 0) is 32.9 Å². The molecule has 0 saturated heterocycles. The van der Waals surface area contributed by atoms with E-state index in [2.05, 4.69) is 10.3 Å². The van der Waals surface area contributed by atoms with Crippen LogP contribution < -0.4 is 5.32 Å². The van der Waals surface area contributed by atoms with Crippen molar-refractivity contribution in [3.05, 3.63) is 24.0 Å². The van der Waals surface area contributed by atoms with Crippen molar-refractivity contribution in [3.8, 4) is 0 Å². The minimum atomic E-state index is -0.0601. The van der Waals surface area contributed by atoms with E-state index in [1.54, 1.807) is 24.3 Å². The lowest BCUT2D eigenvalue weighted by molar-refractivity contribution is 0.0629. The van der Waals surface area contributed by atoms with Crippen LogP contribution in [0.2, 0.25) is 0 Å². The van der Waals surface area contributed by atoms with Crippen molar-refractivity contribution in [1.82, 2.24) is 9.88 Å². The van der Waals surface area contributed by atoms with Crippen LogP contribution in [0.15, 0.2) is 18.3 Å². The normalized spacial score (nSPS) is 10.6. The third kappa shape index (κ3) is 4.52. The maximum Gasteiger partial charge on any atom is 0.272 e. The van der Waals surface area contributed by atoms with Crippen molar-refractivity contribution < 1.29 is 9.53 Å². The number of methoxy groups -OCH3 is 1. The number of pyridine rings is 1. The maximum absolute atomic E-state index is 12.3. The van der Waals surface area contributed by atoms with Gasteiger partial charge in [-0.3, -0.25) is 4.79 Å². The van der Waals surface area contributed by atoms with E-state index in [1.165, 1.54) is 0 Å². The zero-order chi connectivity index (χ0) is 14.3. The van der Waals surface area contributed by atoms with Crippen molar-refractivity contribution in [2.45, 2.75) is 26.8 Å². The second-order valence-electron chi connectivity index (χ2n) is 4.55. The van der Waals surface area contributed by atoms with E-state index in [9.17, 15) is 4.79 Å². The number of hydrogen-bond acceptors (Lipinski definition) is 4. The van der Waals surface area contributed by atoms with Gasteiger partial charge in [0, 0.05) is 26.2 Å². The van der Waals surface area contributed by atoms with E-state index in [0.717, 1.165) is 12.2 Å². The summed E-state index contributed by atoms with van der Waals surface area (Å²) >= 11 is 0. The van der Waals surface area contributed by atoms with Crippen molar-refractivity contribution in [2.24, 2.45) is 0 Å². The summed E-state index contributed by atoms with van der Waals surface area (Å²) in [4.78, 5) is 18.3. The van der Waals surface area contributed by atoms with Crippen molar-refractivity contribution in [2.75, 3.05) is 32.1 Å². The first-order valence-electron chi connectivity index (χ1n) is 6.60. The quantitative estimate of drug-likeness (QED) is 0.819. The number of carbonyl (C=O) groups excluding carboxylic acids is 1. The predicted octanol–water partition coefficient (Wildman–Crippen LogP) is 2.01. The molecule has 0 aliphatic carbocycles. The molecule has 0 saturated carbocycles. The summed E-state index contributed by atoms with van der Waals surface area (Å²) in [7, 11) is 1.63. The fourth-order valence-corrected chi connectivity index (χ4v) is 1.76. The predicted molar refractivity (Wildman–Crippen MR) is 76.4 cm³/mol. The Morgan fingerprint density at radius 1 is 1.47 bits per heavy atom. The molecule has 0 atom stereocenters. The van der Waals surface area contributed by atoms with Gasteiger partial charge in [0.25, 0.3) is 5.91 Å². The molecular weight excluding hydrogens is 242 g/mol. The van der Waals surface area contributed by atoms with Gasteiger partial charge in [0.15, 0.2) is 0 Å². The fourth-order valence-electron chi connectivity index (χ4n) is 1.76. The Hall–Kier alpha value is -1.62. The summed E-state index contributed by atoms with van der Waals surface area (Å²) in [6.45, 7) is 7.93. The first kappa shape index (κ1) is 15.4. The molecule has 5 nitrogen and oxygen atoms in total. The van der Waals surface area contributed by atoms with Crippen molar-refractivity contribution >= 4 is 11.6 Å². The van der Waals surface area contributed by atoms with Gasteiger partial charge < -0.3 is 15.0 Å². The highest BCUT2D eigenvalue weighted by molar-refractivity contribution is 5.92. The Labute approximate surface area is 115 Å². The van der Waals surface area contributed by atoms with Gasteiger partial charge >= 0.3 is 0 Å². The summed E-state index contributed by atoms with van der Waals surface area (Å²) in [5.41, 5.74) is 1.39. The molecule has 19 heavy (non-hydrogen) atoms. The number of aromatic nitrogens is 1. The molecule has 1 heterocycles. The summed E-state index contributed by atoms with van der Waals surface area (Å²) < 4.78 is 5.04. The number of ether oxygens (including phenoxy) is 1. The number of anilines is 1. The van der Waals surface area contributed by atoms with Gasteiger partial charge in [-0.1, -0.05) is 0 Å². The highest BCUT2D eigenvalue weighted by Gasteiger charge is 2.19. The van der Waals surface area contributed by atoms with Gasteiger partial charge in [-0.2, -0.15) is 0 Å². The number of hydrogen-bond donors (Lipinski definition) is 1. The Morgan fingerprint density at radius 2 is 2.21 bits per heavy atom. The third-order valence-electron chi connectivity index (χ3n) is 2.78. The van der Waals surface area contributed by atoms with E-state index in [-0.39, 0.29) is 11.9 Å². The lowest BCUT2D eigenvalue weighted by atomic mass is 10.2. The summed E-state index contributed by atoms with van der Waals surface area (Å²) in [6, 6.07) is 3.75. The Morgan fingerprint density at radius 3 is 2.68 bits per heavy atom. The number of amides is 1. The minimum absolute atomic E-state index is 0.0601. The Kier molecular flexibility index (Phi) is 6.29. The second-order valence-corrected chi connectivity index (χ2v) is 4.55. The molecule has 0 bridgehead atoms. The van der Waals surface area contributed by atoms with E-state index in [1.807, 2.05) is 26.8 Å². The molecule has 5 heteroatoms. The van der Waals surface area contributed by atoms with Crippen LogP contribution in [0.1, 0.15) is 31.3 Å². The molecule has 1 rings (SSSR count). The van der Waals surface area contributed by atoms with Gasteiger partial charge in [0.05, 0.1) is 18.5 Å². The number of nitrogens with zero attached hydrogens (tertiary/aromatic N) is 2. The first-order chi connectivity index (χ1) is 9.10. The number of rotatable bonds is 7. The van der Waals surface area contributed by atoms with E-state index >= 15 is 0 Å². The molecule has 0 unspecified atom stereocenters. The number of nitrogens with one attached hydrogen (secondary N) is 1. The Balaban J connectivity index is 2.78. The minimum Gasteiger partial charge on any atom is -0.384 e. The molecule has 1 aromatic rings. The highest BCUT2D eigenvalue weighted by Crippen LogP contribution is 2.10. The van der Waals surface area contributed by atoms with Crippen LogP contribution in [-0.4, -0.2) is 48.6 Å². The van der Waals surface area contributed by atoms with E-state index in [4.69, 9.17) is 4.74 Å². The largest absolute Gasteiger partial charge is 0.384 e. The molecule has 1 N–H and O–H groups in total. The Bertz CT molecular complexity index is 390. The highest BCUT2D eigenvalue weighted by atomic mass is 16.5. The lowest BCUT2D eigenvalue weighted by Gasteiger charge is -2.26. The summed E-state index contributed by atoms with van der Waals surface area (Å²) in [5.74, 6) is -0.0601. The lowest BCUT2D eigenvalue weighted by Crippen LogP contribution is -2.39. The van der Waals surface area contributed by atoms with Crippen LogP contribution in [0.5, 0.6) is 0 Å². The zero-order valence-corrected chi connectivity index (χ0v) is 12.1. The second kappa shape index (κ2) is 7.74. The standard InChI is InChI=1S/C14H23N3O2/c1-5-15-12-6-7-13(16-10-12)14(18)17(11(2)3)8-9-19-4/h6-7,10-11,15H,5,8-9H2,1-4H3. The van der Waals surface area contributed by atoms with Crippen LogP contribution in [0.4, 0.5) is 5.69 Å². The van der Waals surface area contributed by atoms with Crippen LogP contribution in [0.25, 0.3) is 0 Å². The number of carbonyl (C=O) groups is 1. The molecule has 0 aliphatic heterocycles. The van der Waals surface area contributed by atoms with Crippen LogP contribution in [0, 0.1) is 0 Å². The molecule has 1 amide bonds. The molecule has 0 spiro atoms. The van der Waals surface area contributed by atoms with E-state index in [0.29, 0.717) is 18.8 Å². The smallest absolute Gasteiger partial charge is 0.272 e. The zero-order valence-electron chi connectivity index (χ0n) is 12.1. The SMILES string of the molecule is CCNc1ccc(C(=O)N(CCOC)C(C)C)nc1. The summed E-state index contributed by atoms with van der Waals surface area (Å²) in [5, 5.41) is 3.15. The van der Waals surface area contributed by atoms with E-state index < -0.39 is 0 Å². The van der Waals surface area contributed by atoms with Gasteiger partial charge in [0.1, 0.15) is 5.69 Å². The first-order valence-corrected chi connectivity index (χ1v) is 6.60. The average molecular weight is 265 g/mol. The molecule has 0 radical (unpaired) electrons. The van der Waals surface area contributed by atoms with Gasteiger partial charge in [-0.25, -0.2) is 4.98 Å². The maximum atomic E-state index is 12.3. The van der Waals surface area contributed by atoms with Crippen LogP contribution in [-0.2, 0) is 4.74 Å². The molecule has 0 aliphatic rings. The molecule has 106 valence electrons. The topological polar surface area (TPSA) is 54.5 Å². The van der Waals surface area contributed by atoms with Crippen molar-refractivity contribution in [1.29, 1.82) is 0 Å².